The molecule has 2 nitrogen and oxygen atoms in total. The molecule has 0 aromatic rings. The van der Waals surface area contributed by atoms with Crippen LogP contribution in [0.3, 0.4) is 0 Å². The Morgan fingerprint density at radius 2 is 0.615 bits per heavy atom. The van der Waals surface area contributed by atoms with Crippen molar-refractivity contribution in [3.8, 4) is 0 Å². The molecule has 0 fully saturated rings. The third kappa shape index (κ3) is 18.1. The van der Waals surface area contributed by atoms with Gasteiger partial charge in [-0.2, -0.15) is 0 Å². The molecule has 0 N–H and O–H groups in total. The molecule has 0 spiro atoms. The maximum atomic E-state index is 6.84. The van der Waals surface area contributed by atoms with E-state index in [0.29, 0.717) is 0 Å². The molecule has 2 heteroatoms. The highest BCUT2D eigenvalue weighted by atomic mass is 16.7. The second-order valence-corrected chi connectivity index (χ2v) is 12.6. The Morgan fingerprint density at radius 3 is 0.923 bits per heavy atom. The summed E-state index contributed by atoms with van der Waals surface area (Å²) in [6.07, 6.45) is 36.3. The minimum atomic E-state index is -0.404. The van der Waals surface area contributed by atoms with E-state index in [-0.39, 0.29) is 5.41 Å². The van der Waals surface area contributed by atoms with Gasteiger partial charge in [0.2, 0.25) is 0 Å². The fraction of sp³-hybridized carbons (Fsp3) is 1.00. The quantitative estimate of drug-likeness (QED) is 0.0610. The van der Waals surface area contributed by atoms with E-state index < -0.39 is 5.79 Å². The summed E-state index contributed by atoms with van der Waals surface area (Å²) in [7, 11) is 0. The van der Waals surface area contributed by atoms with Crippen LogP contribution in [-0.2, 0) is 9.47 Å². The van der Waals surface area contributed by atoms with E-state index in [9.17, 15) is 0 Å². The fourth-order valence-corrected chi connectivity index (χ4v) is 6.98. The zero-order chi connectivity index (χ0) is 28.9. The predicted octanol–water partition coefficient (Wildman–Crippen LogP) is 13.4. The molecule has 0 aliphatic rings. The van der Waals surface area contributed by atoms with Crippen LogP contribution in [0, 0.1) is 5.41 Å². The van der Waals surface area contributed by atoms with Gasteiger partial charge < -0.3 is 9.47 Å². The minimum absolute atomic E-state index is 0.155. The molecule has 236 valence electrons. The van der Waals surface area contributed by atoms with E-state index in [1.165, 1.54) is 167 Å². The normalized spacial score (nSPS) is 13.7. The number of ether oxygens (including phenoxy) is 2. The zero-order valence-electron chi connectivity index (χ0n) is 28.3. The standard InChI is InChI=1S/C37H76O2/c1-7-13-16-19-22-24-27-30-34-36(32-10-4,33-29-26-21-18-15-9-3)37(38-11-5,39-12-6)35-31-28-25-23-20-17-14-8-2/h7-35H2,1-6H3. The van der Waals surface area contributed by atoms with Crippen molar-refractivity contribution in [3.05, 3.63) is 0 Å². The van der Waals surface area contributed by atoms with Gasteiger partial charge in [-0.3, -0.25) is 0 Å². The van der Waals surface area contributed by atoms with Gasteiger partial charge in [-0.05, 0) is 39.5 Å². The molecule has 0 aliphatic heterocycles. The average molecular weight is 553 g/mol. The van der Waals surface area contributed by atoms with Crippen molar-refractivity contribution in [2.75, 3.05) is 13.2 Å². The topological polar surface area (TPSA) is 18.5 Å². The monoisotopic (exact) mass is 553 g/mol. The van der Waals surface area contributed by atoms with Gasteiger partial charge in [0, 0.05) is 25.0 Å². The highest BCUT2D eigenvalue weighted by Crippen LogP contribution is 2.51. The van der Waals surface area contributed by atoms with Gasteiger partial charge in [0.25, 0.3) is 0 Å². The van der Waals surface area contributed by atoms with E-state index in [2.05, 4.69) is 41.5 Å². The zero-order valence-corrected chi connectivity index (χ0v) is 28.3. The SMILES string of the molecule is CCCCCCCCCCC(CCC)(CCCCCCCC)C(CCCCCCCCCC)(OCC)OCC. The molecule has 1 unspecified atom stereocenters. The van der Waals surface area contributed by atoms with Crippen molar-refractivity contribution < 1.29 is 9.47 Å². The van der Waals surface area contributed by atoms with Crippen molar-refractivity contribution in [2.45, 2.75) is 221 Å². The van der Waals surface area contributed by atoms with E-state index in [4.69, 9.17) is 9.47 Å². The van der Waals surface area contributed by atoms with Gasteiger partial charge in [-0.1, -0.05) is 169 Å². The van der Waals surface area contributed by atoms with Crippen molar-refractivity contribution in [3.63, 3.8) is 0 Å². The van der Waals surface area contributed by atoms with Crippen LogP contribution in [0.4, 0.5) is 0 Å². The molecule has 0 saturated carbocycles. The third-order valence-electron chi connectivity index (χ3n) is 9.17. The van der Waals surface area contributed by atoms with Gasteiger partial charge in [0.15, 0.2) is 5.79 Å². The molecule has 39 heavy (non-hydrogen) atoms. The second-order valence-electron chi connectivity index (χ2n) is 12.6. The lowest BCUT2D eigenvalue weighted by Crippen LogP contribution is -2.53. The lowest BCUT2D eigenvalue weighted by molar-refractivity contribution is -0.308. The largest absolute Gasteiger partial charge is 0.350 e. The van der Waals surface area contributed by atoms with Crippen LogP contribution in [-0.4, -0.2) is 19.0 Å². The second kappa shape index (κ2) is 28.1. The van der Waals surface area contributed by atoms with E-state index in [0.717, 1.165) is 19.6 Å². The predicted molar refractivity (Wildman–Crippen MR) is 176 cm³/mol. The summed E-state index contributed by atoms with van der Waals surface area (Å²) in [6, 6.07) is 0. The Kier molecular flexibility index (Phi) is 28.0. The van der Waals surface area contributed by atoms with Crippen LogP contribution >= 0.6 is 0 Å². The number of rotatable bonds is 32. The van der Waals surface area contributed by atoms with Crippen molar-refractivity contribution in [1.29, 1.82) is 0 Å². The van der Waals surface area contributed by atoms with Crippen LogP contribution in [0.25, 0.3) is 0 Å². The van der Waals surface area contributed by atoms with Crippen LogP contribution in [0.15, 0.2) is 0 Å². The molecule has 0 aliphatic carbocycles. The van der Waals surface area contributed by atoms with Gasteiger partial charge in [0.1, 0.15) is 0 Å². The summed E-state index contributed by atoms with van der Waals surface area (Å²) in [6.45, 7) is 15.2. The van der Waals surface area contributed by atoms with Crippen molar-refractivity contribution >= 4 is 0 Å². The Bertz CT molecular complexity index is 470. The Balaban J connectivity index is 5.46. The van der Waals surface area contributed by atoms with Crippen LogP contribution < -0.4 is 0 Å². The summed E-state index contributed by atoms with van der Waals surface area (Å²) in [4.78, 5) is 0. The first-order valence-electron chi connectivity index (χ1n) is 18.4. The first kappa shape index (κ1) is 38.9. The summed E-state index contributed by atoms with van der Waals surface area (Å²) in [5, 5.41) is 0. The van der Waals surface area contributed by atoms with Crippen LogP contribution in [0.5, 0.6) is 0 Å². The first-order chi connectivity index (χ1) is 19.1. The van der Waals surface area contributed by atoms with Gasteiger partial charge in [0.05, 0.1) is 0 Å². The lowest BCUT2D eigenvalue weighted by Gasteiger charge is -2.51. The number of unbranched alkanes of at least 4 members (excludes halogenated alkanes) is 19. The van der Waals surface area contributed by atoms with Gasteiger partial charge in [-0.15, -0.1) is 0 Å². The first-order valence-corrected chi connectivity index (χ1v) is 18.4. The van der Waals surface area contributed by atoms with Crippen LogP contribution in [0.1, 0.15) is 215 Å². The Morgan fingerprint density at radius 1 is 0.308 bits per heavy atom. The van der Waals surface area contributed by atoms with Gasteiger partial charge in [-0.25, -0.2) is 0 Å². The molecule has 0 amide bonds. The molecular formula is C37H76O2. The molecule has 0 aromatic carbocycles. The fourth-order valence-electron chi connectivity index (χ4n) is 6.98. The molecule has 0 radical (unpaired) electrons. The number of hydrogen-bond acceptors (Lipinski definition) is 2. The molecule has 1 atom stereocenters. The lowest BCUT2D eigenvalue weighted by atomic mass is 9.66. The molecule has 0 saturated heterocycles. The number of hydrogen-bond donors (Lipinski definition) is 0. The summed E-state index contributed by atoms with van der Waals surface area (Å²) in [5.41, 5.74) is 0.155. The summed E-state index contributed by atoms with van der Waals surface area (Å²) in [5.74, 6) is -0.404. The van der Waals surface area contributed by atoms with E-state index in [1.54, 1.807) is 0 Å². The summed E-state index contributed by atoms with van der Waals surface area (Å²) < 4.78 is 13.7. The third-order valence-corrected chi connectivity index (χ3v) is 9.17. The van der Waals surface area contributed by atoms with Crippen molar-refractivity contribution in [2.24, 2.45) is 5.41 Å². The van der Waals surface area contributed by atoms with Gasteiger partial charge >= 0.3 is 0 Å². The molecular weight excluding hydrogens is 476 g/mol. The average Bonchev–Trinajstić information content (AvgIpc) is 2.93. The van der Waals surface area contributed by atoms with Crippen molar-refractivity contribution in [1.82, 2.24) is 0 Å². The summed E-state index contributed by atoms with van der Waals surface area (Å²) >= 11 is 0. The Hall–Kier alpha value is -0.0800. The molecule has 0 heterocycles. The smallest absolute Gasteiger partial charge is 0.173 e. The van der Waals surface area contributed by atoms with Crippen LogP contribution in [0.2, 0.25) is 0 Å². The maximum Gasteiger partial charge on any atom is 0.173 e. The van der Waals surface area contributed by atoms with E-state index in [1.807, 2.05) is 0 Å². The Labute approximate surface area is 248 Å². The molecule has 0 aromatic heterocycles. The minimum Gasteiger partial charge on any atom is -0.350 e. The highest BCUT2D eigenvalue weighted by Gasteiger charge is 2.51. The van der Waals surface area contributed by atoms with E-state index >= 15 is 0 Å². The molecule has 0 rings (SSSR count). The highest BCUT2D eigenvalue weighted by molar-refractivity contribution is 4.95. The molecule has 0 bridgehead atoms. The maximum absolute atomic E-state index is 6.84.